The van der Waals surface area contributed by atoms with Crippen LogP contribution in [0.4, 0.5) is 0 Å². The van der Waals surface area contributed by atoms with Crippen molar-refractivity contribution in [2.45, 2.75) is 45.1 Å². The SMILES string of the molecule is CC[C@](C)(NCCN1CCCCC1)c1nccs1. The molecule has 3 nitrogen and oxygen atoms in total. The average Bonchev–Trinajstić information content (AvgIpc) is 2.94. The van der Waals surface area contributed by atoms with E-state index in [2.05, 4.69) is 34.4 Å². The molecule has 4 heteroatoms. The van der Waals surface area contributed by atoms with E-state index in [1.54, 1.807) is 11.3 Å². The Hall–Kier alpha value is -0.450. The molecule has 102 valence electrons. The van der Waals surface area contributed by atoms with Crippen LogP contribution >= 0.6 is 11.3 Å². The zero-order valence-electron chi connectivity index (χ0n) is 11.6. The lowest BCUT2D eigenvalue weighted by molar-refractivity contribution is 0.216. The smallest absolute Gasteiger partial charge is 0.112 e. The Morgan fingerprint density at radius 2 is 2.17 bits per heavy atom. The molecular formula is C14H25N3S. The quantitative estimate of drug-likeness (QED) is 0.859. The lowest BCUT2D eigenvalue weighted by Gasteiger charge is -2.31. The molecule has 0 amide bonds. The lowest BCUT2D eigenvalue weighted by atomic mass is 10.00. The second kappa shape index (κ2) is 6.64. The van der Waals surface area contributed by atoms with Gasteiger partial charge >= 0.3 is 0 Å². The summed E-state index contributed by atoms with van der Waals surface area (Å²) in [5.41, 5.74) is 0.0456. The van der Waals surface area contributed by atoms with Gasteiger partial charge in [-0.15, -0.1) is 11.3 Å². The molecule has 1 fully saturated rings. The minimum Gasteiger partial charge on any atom is -0.304 e. The van der Waals surface area contributed by atoms with Gasteiger partial charge in [0.25, 0.3) is 0 Å². The second-order valence-electron chi connectivity index (χ2n) is 5.35. The second-order valence-corrected chi connectivity index (χ2v) is 6.25. The summed E-state index contributed by atoms with van der Waals surface area (Å²) in [5.74, 6) is 0. The monoisotopic (exact) mass is 267 g/mol. The fourth-order valence-corrected chi connectivity index (χ4v) is 3.37. The van der Waals surface area contributed by atoms with Crippen LogP contribution in [0.15, 0.2) is 11.6 Å². The molecule has 18 heavy (non-hydrogen) atoms. The predicted octanol–water partition coefficient (Wildman–Crippen LogP) is 2.84. The van der Waals surface area contributed by atoms with E-state index >= 15 is 0 Å². The zero-order chi connectivity index (χ0) is 12.8. The first kappa shape index (κ1) is 14.0. The maximum Gasteiger partial charge on any atom is 0.112 e. The minimum absolute atomic E-state index is 0.0456. The number of rotatable bonds is 6. The summed E-state index contributed by atoms with van der Waals surface area (Å²) in [6.07, 6.45) is 7.14. The van der Waals surface area contributed by atoms with Crippen LogP contribution in [-0.2, 0) is 5.54 Å². The van der Waals surface area contributed by atoms with Crippen LogP contribution in [0.25, 0.3) is 0 Å². The first-order valence-corrected chi connectivity index (χ1v) is 8.00. The van der Waals surface area contributed by atoms with Crippen molar-refractivity contribution in [3.05, 3.63) is 16.6 Å². The zero-order valence-corrected chi connectivity index (χ0v) is 12.4. The topological polar surface area (TPSA) is 28.2 Å². The maximum absolute atomic E-state index is 4.47. The van der Waals surface area contributed by atoms with Gasteiger partial charge in [-0.25, -0.2) is 4.98 Å². The molecule has 1 aromatic heterocycles. The van der Waals surface area contributed by atoms with Gasteiger partial charge in [-0.2, -0.15) is 0 Å². The van der Waals surface area contributed by atoms with Crippen LogP contribution in [0.2, 0.25) is 0 Å². The molecule has 1 N–H and O–H groups in total. The summed E-state index contributed by atoms with van der Waals surface area (Å²) in [7, 11) is 0. The summed E-state index contributed by atoms with van der Waals surface area (Å²) in [4.78, 5) is 7.04. The van der Waals surface area contributed by atoms with E-state index in [0.717, 1.165) is 13.0 Å². The Balaban J connectivity index is 1.80. The van der Waals surface area contributed by atoms with E-state index in [1.807, 2.05) is 6.20 Å². The van der Waals surface area contributed by atoms with Gasteiger partial charge in [0.05, 0.1) is 5.54 Å². The van der Waals surface area contributed by atoms with Crippen LogP contribution in [0.5, 0.6) is 0 Å². The van der Waals surface area contributed by atoms with Gasteiger partial charge in [0.2, 0.25) is 0 Å². The fourth-order valence-electron chi connectivity index (χ4n) is 2.52. The number of piperidine rings is 1. The molecule has 0 radical (unpaired) electrons. The highest BCUT2D eigenvalue weighted by Crippen LogP contribution is 2.25. The Kier molecular flexibility index (Phi) is 5.15. The molecule has 1 aliphatic heterocycles. The van der Waals surface area contributed by atoms with Gasteiger partial charge in [0, 0.05) is 24.7 Å². The number of hydrogen-bond acceptors (Lipinski definition) is 4. The van der Waals surface area contributed by atoms with E-state index in [4.69, 9.17) is 0 Å². The van der Waals surface area contributed by atoms with Gasteiger partial charge in [-0.05, 0) is 39.3 Å². The highest BCUT2D eigenvalue weighted by atomic mass is 32.1. The molecule has 2 heterocycles. The molecule has 1 atom stereocenters. The third-order valence-corrected chi connectivity index (χ3v) is 5.04. The minimum atomic E-state index is 0.0456. The van der Waals surface area contributed by atoms with Crippen molar-refractivity contribution in [3.63, 3.8) is 0 Å². The molecule has 0 unspecified atom stereocenters. The number of nitrogens with one attached hydrogen (secondary N) is 1. The van der Waals surface area contributed by atoms with Crippen molar-refractivity contribution in [1.29, 1.82) is 0 Å². The van der Waals surface area contributed by atoms with Gasteiger partial charge < -0.3 is 10.2 Å². The average molecular weight is 267 g/mol. The molecule has 0 aromatic carbocycles. The highest BCUT2D eigenvalue weighted by molar-refractivity contribution is 7.09. The fraction of sp³-hybridized carbons (Fsp3) is 0.786. The van der Waals surface area contributed by atoms with Gasteiger partial charge in [0.15, 0.2) is 0 Å². The van der Waals surface area contributed by atoms with Crippen LogP contribution in [0.3, 0.4) is 0 Å². The van der Waals surface area contributed by atoms with Crippen LogP contribution in [0.1, 0.15) is 44.5 Å². The molecule has 0 bridgehead atoms. The first-order chi connectivity index (χ1) is 8.74. The van der Waals surface area contributed by atoms with Crippen molar-refractivity contribution >= 4 is 11.3 Å². The summed E-state index contributed by atoms with van der Waals surface area (Å²) < 4.78 is 0. The summed E-state index contributed by atoms with van der Waals surface area (Å²) in [6.45, 7) is 9.28. The molecule has 0 spiro atoms. The third-order valence-electron chi connectivity index (χ3n) is 4.00. The largest absolute Gasteiger partial charge is 0.304 e. The molecule has 0 aliphatic carbocycles. The van der Waals surface area contributed by atoms with E-state index in [-0.39, 0.29) is 5.54 Å². The highest BCUT2D eigenvalue weighted by Gasteiger charge is 2.26. The number of aromatic nitrogens is 1. The molecule has 1 saturated heterocycles. The van der Waals surface area contributed by atoms with Crippen molar-refractivity contribution in [3.8, 4) is 0 Å². The van der Waals surface area contributed by atoms with E-state index in [0.29, 0.717) is 0 Å². The number of likely N-dealkylation sites (tertiary alicyclic amines) is 1. The third kappa shape index (κ3) is 3.53. The Morgan fingerprint density at radius 3 is 2.78 bits per heavy atom. The predicted molar refractivity (Wildman–Crippen MR) is 78.1 cm³/mol. The normalized spacial score (nSPS) is 20.8. The number of nitrogens with zero attached hydrogens (tertiary/aromatic N) is 2. The summed E-state index contributed by atoms with van der Waals surface area (Å²) in [5, 5.41) is 6.98. The Morgan fingerprint density at radius 1 is 1.39 bits per heavy atom. The Bertz CT molecular complexity index is 333. The summed E-state index contributed by atoms with van der Waals surface area (Å²) in [6, 6.07) is 0. The molecular weight excluding hydrogens is 242 g/mol. The van der Waals surface area contributed by atoms with E-state index < -0.39 is 0 Å². The van der Waals surface area contributed by atoms with Gasteiger partial charge in [0.1, 0.15) is 5.01 Å². The maximum atomic E-state index is 4.47. The first-order valence-electron chi connectivity index (χ1n) is 7.12. The Labute approximate surface area is 115 Å². The van der Waals surface area contributed by atoms with E-state index in [1.165, 1.54) is 43.9 Å². The summed E-state index contributed by atoms with van der Waals surface area (Å²) >= 11 is 1.75. The van der Waals surface area contributed by atoms with Gasteiger partial charge in [-0.3, -0.25) is 0 Å². The van der Waals surface area contributed by atoms with Crippen molar-refractivity contribution in [2.75, 3.05) is 26.2 Å². The van der Waals surface area contributed by atoms with Crippen LogP contribution in [-0.4, -0.2) is 36.1 Å². The van der Waals surface area contributed by atoms with E-state index in [9.17, 15) is 0 Å². The van der Waals surface area contributed by atoms with Crippen LogP contribution < -0.4 is 5.32 Å². The molecule has 2 rings (SSSR count). The number of hydrogen-bond donors (Lipinski definition) is 1. The van der Waals surface area contributed by atoms with Crippen LogP contribution in [0, 0.1) is 0 Å². The standard InChI is InChI=1S/C14H25N3S/c1-3-14(2,13-15-8-12-18-13)16-7-11-17-9-5-4-6-10-17/h8,12,16H,3-7,9-11H2,1-2H3/t14-/m0/s1. The van der Waals surface area contributed by atoms with Crippen molar-refractivity contribution in [1.82, 2.24) is 15.2 Å². The van der Waals surface area contributed by atoms with Gasteiger partial charge in [-0.1, -0.05) is 13.3 Å². The van der Waals surface area contributed by atoms with Crippen molar-refractivity contribution < 1.29 is 0 Å². The molecule has 1 aliphatic rings. The number of thiazole rings is 1. The van der Waals surface area contributed by atoms with Crippen molar-refractivity contribution in [2.24, 2.45) is 0 Å². The molecule has 0 saturated carbocycles. The lowest BCUT2D eigenvalue weighted by Crippen LogP contribution is -2.44. The molecule has 1 aromatic rings.